The normalized spacial score (nSPS) is 13.1. The summed E-state index contributed by atoms with van der Waals surface area (Å²) in [6, 6.07) is 17.8. The second-order valence-electron chi connectivity index (χ2n) is 11.2. The van der Waals surface area contributed by atoms with Crippen molar-refractivity contribution < 1.29 is 51.9 Å². The molecule has 0 saturated heterocycles. The van der Waals surface area contributed by atoms with Crippen molar-refractivity contribution >= 4 is 91.7 Å². The first-order valence-corrected chi connectivity index (χ1v) is 21.0. The fourth-order valence-electron chi connectivity index (χ4n) is 4.81. The van der Waals surface area contributed by atoms with Crippen molar-refractivity contribution in [3.05, 3.63) is 91.0 Å². The maximum atomic E-state index is 12.5. The molecule has 0 atom stereocenters. The Morgan fingerprint density at radius 3 is 1.23 bits per heavy atom. The minimum absolute atomic E-state index is 0.00113. The third kappa shape index (κ3) is 10.1. The van der Waals surface area contributed by atoms with E-state index in [1.54, 1.807) is 0 Å². The van der Waals surface area contributed by atoms with Gasteiger partial charge in [0.15, 0.2) is 0 Å². The maximum absolute atomic E-state index is 12.5. The number of hydrogen-bond acceptors (Lipinski definition) is 18. The van der Waals surface area contributed by atoms with Crippen LogP contribution in [0.3, 0.4) is 0 Å². The lowest BCUT2D eigenvalue weighted by Gasteiger charge is -2.12. The van der Waals surface area contributed by atoms with Gasteiger partial charge in [-0.15, -0.1) is 10.2 Å². The van der Waals surface area contributed by atoms with Crippen molar-refractivity contribution in [3.8, 4) is 11.1 Å². The van der Waals surface area contributed by atoms with Gasteiger partial charge in [0.25, 0.3) is 40.5 Å². The summed E-state index contributed by atoms with van der Waals surface area (Å²) < 4.78 is 135. The molecule has 0 aliphatic rings. The van der Waals surface area contributed by atoms with Gasteiger partial charge in [-0.05, 0) is 78.9 Å². The van der Waals surface area contributed by atoms with Gasteiger partial charge >= 0.3 is 0 Å². The van der Waals surface area contributed by atoms with Crippen LogP contribution in [0.15, 0.2) is 151 Å². The molecule has 26 heteroatoms. The lowest BCUT2D eigenvalue weighted by atomic mass is 10.0. The van der Waals surface area contributed by atoms with Crippen molar-refractivity contribution in [3.63, 3.8) is 0 Å². The standard InChI is InChI=1S/C31H26N10O12S4/c1-34-35-20-8-12-23(26(14-20)55(45,46)47)24-13-9-21(15-27(24)56(48,49)50)39-40-25-16-28(57(51,52)53)30(33)31(29(25)32)41-38-18-4-2-17(3-5-18)36-37-19-6-10-22(11-7-19)54(42,43)44/h2-16H,32-33H2,1H3,(H,42,43,44)(H,45,46,47)(H,48,49,50)(H,51,52,53). The smallest absolute Gasteiger partial charge is 0.296 e. The van der Waals surface area contributed by atoms with E-state index >= 15 is 0 Å². The van der Waals surface area contributed by atoms with E-state index in [4.69, 9.17) is 16.0 Å². The minimum atomic E-state index is -5.11. The van der Waals surface area contributed by atoms with E-state index in [0.29, 0.717) is 5.69 Å². The van der Waals surface area contributed by atoms with Crippen LogP contribution in [-0.4, -0.2) is 58.9 Å². The Morgan fingerprint density at radius 2 is 0.807 bits per heavy atom. The molecule has 0 radical (unpaired) electrons. The Hall–Kier alpha value is -6.26. The number of anilines is 2. The largest absolute Gasteiger partial charge is 0.396 e. The van der Waals surface area contributed by atoms with Crippen molar-refractivity contribution in [1.29, 1.82) is 0 Å². The van der Waals surface area contributed by atoms with Gasteiger partial charge in [0.1, 0.15) is 26.1 Å². The molecular weight excluding hydrogens is 833 g/mol. The highest BCUT2D eigenvalue weighted by atomic mass is 32.2. The quantitative estimate of drug-likeness (QED) is 0.0403. The molecule has 296 valence electrons. The van der Waals surface area contributed by atoms with E-state index in [0.717, 1.165) is 48.5 Å². The molecule has 5 aromatic carbocycles. The van der Waals surface area contributed by atoms with Crippen LogP contribution >= 0.6 is 0 Å². The summed E-state index contributed by atoms with van der Waals surface area (Å²) in [5.41, 5.74) is 10.0. The lowest BCUT2D eigenvalue weighted by molar-refractivity contribution is 0.480. The molecule has 0 amide bonds. The number of nitrogens with zero attached hydrogens (tertiary/aromatic N) is 8. The monoisotopic (exact) mass is 858 g/mol. The average Bonchev–Trinajstić information content (AvgIpc) is 3.13. The van der Waals surface area contributed by atoms with Crippen LogP contribution in [0.4, 0.5) is 51.2 Å². The molecule has 0 unspecified atom stereocenters. The second-order valence-corrected chi connectivity index (χ2v) is 16.8. The highest BCUT2D eigenvalue weighted by Gasteiger charge is 2.25. The van der Waals surface area contributed by atoms with Crippen molar-refractivity contribution in [2.45, 2.75) is 19.6 Å². The summed E-state index contributed by atoms with van der Waals surface area (Å²) in [4.78, 5) is -2.84. The number of nitrogen functional groups attached to an aromatic ring is 2. The highest BCUT2D eigenvalue weighted by molar-refractivity contribution is 7.86. The first kappa shape index (κ1) is 41.9. The van der Waals surface area contributed by atoms with Gasteiger partial charge in [0.2, 0.25) is 0 Å². The lowest BCUT2D eigenvalue weighted by Crippen LogP contribution is -2.05. The van der Waals surface area contributed by atoms with Gasteiger partial charge in [-0.1, -0.05) is 12.1 Å². The summed E-state index contributed by atoms with van der Waals surface area (Å²) >= 11 is 0. The van der Waals surface area contributed by atoms with E-state index in [1.807, 2.05) is 0 Å². The summed E-state index contributed by atoms with van der Waals surface area (Å²) in [6.07, 6.45) is 0. The van der Waals surface area contributed by atoms with Crippen molar-refractivity contribution in [2.24, 2.45) is 40.9 Å². The molecule has 22 nitrogen and oxygen atoms in total. The Morgan fingerprint density at radius 1 is 0.421 bits per heavy atom. The zero-order chi connectivity index (χ0) is 41.9. The molecule has 0 spiro atoms. The molecule has 8 N–H and O–H groups in total. The van der Waals surface area contributed by atoms with E-state index in [9.17, 15) is 47.3 Å². The van der Waals surface area contributed by atoms with E-state index in [1.165, 1.54) is 49.5 Å². The Bertz CT molecular complexity index is 2980. The fourth-order valence-corrected chi connectivity index (χ4v) is 7.37. The predicted molar refractivity (Wildman–Crippen MR) is 202 cm³/mol. The molecule has 5 rings (SSSR count). The topological polar surface area (TPSA) is 368 Å². The third-order valence-corrected chi connectivity index (χ3v) is 10.9. The van der Waals surface area contributed by atoms with Crippen LogP contribution in [-0.2, 0) is 40.5 Å². The van der Waals surface area contributed by atoms with Gasteiger partial charge < -0.3 is 11.5 Å². The first-order chi connectivity index (χ1) is 26.6. The molecule has 0 aliphatic carbocycles. The first-order valence-electron chi connectivity index (χ1n) is 15.2. The van der Waals surface area contributed by atoms with Gasteiger partial charge in [0, 0.05) is 18.2 Å². The van der Waals surface area contributed by atoms with Crippen LogP contribution in [0.2, 0.25) is 0 Å². The molecule has 0 bridgehead atoms. The molecule has 0 fully saturated rings. The fraction of sp³-hybridized carbons (Fsp3) is 0.0323. The number of rotatable bonds is 12. The van der Waals surface area contributed by atoms with Crippen LogP contribution < -0.4 is 11.5 Å². The van der Waals surface area contributed by atoms with E-state index in [2.05, 4.69) is 40.9 Å². The number of azo groups is 4. The number of nitrogens with two attached hydrogens (primary N) is 2. The molecule has 0 aromatic heterocycles. The van der Waals surface area contributed by atoms with Crippen LogP contribution in [0.25, 0.3) is 11.1 Å². The van der Waals surface area contributed by atoms with Gasteiger partial charge in [0.05, 0.1) is 44.7 Å². The van der Waals surface area contributed by atoms with Crippen LogP contribution in [0.5, 0.6) is 0 Å². The van der Waals surface area contributed by atoms with E-state index in [-0.39, 0.29) is 38.8 Å². The Kier molecular flexibility index (Phi) is 11.8. The maximum Gasteiger partial charge on any atom is 0.296 e. The zero-order valence-corrected chi connectivity index (χ0v) is 31.8. The Labute approximate surface area is 323 Å². The van der Waals surface area contributed by atoms with Crippen LogP contribution in [0.1, 0.15) is 0 Å². The molecule has 5 aromatic rings. The number of benzene rings is 5. The molecule has 0 saturated carbocycles. The number of hydrogen-bond donors (Lipinski definition) is 6. The summed E-state index contributed by atoms with van der Waals surface area (Å²) in [5.74, 6) is 0. The summed E-state index contributed by atoms with van der Waals surface area (Å²) in [7, 11) is -18.2. The van der Waals surface area contributed by atoms with Crippen LogP contribution in [0, 0.1) is 0 Å². The molecule has 0 aliphatic heterocycles. The minimum Gasteiger partial charge on any atom is -0.396 e. The zero-order valence-electron chi connectivity index (χ0n) is 28.6. The van der Waals surface area contributed by atoms with E-state index < -0.39 is 77.9 Å². The van der Waals surface area contributed by atoms with Crippen molar-refractivity contribution in [2.75, 3.05) is 18.5 Å². The second kappa shape index (κ2) is 16.1. The molecule has 57 heavy (non-hydrogen) atoms. The van der Waals surface area contributed by atoms with Gasteiger partial charge in [-0.25, -0.2) is 0 Å². The third-order valence-electron chi connectivity index (χ3n) is 7.39. The van der Waals surface area contributed by atoms with Gasteiger partial charge in [-0.2, -0.15) is 64.4 Å². The van der Waals surface area contributed by atoms with Crippen molar-refractivity contribution in [1.82, 2.24) is 0 Å². The summed E-state index contributed by atoms with van der Waals surface area (Å²) in [5, 5.41) is 30.8. The SMILES string of the molecule is CN=Nc1ccc(-c2ccc(N=Nc3cc(S(=O)(=O)O)c(N)c(N=Nc4ccc(N=Nc5ccc(S(=O)(=O)O)cc5)cc4)c3N)cc2S(=O)(=O)O)c(S(=O)(=O)O)c1. The average molecular weight is 859 g/mol. The predicted octanol–water partition coefficient (Wildman–Crippen LogP) is 7.46. The molecule has 0 heterocycles. The summed E-state index contributed by atoms with van der Waals surface area (Å²) in [6.45, 7) is 0. The Balaban J connectivity index is 1.49. The molecular formula is C31H26N10O12S4. The van der Waals surface area contributed by atoms with Gasteiger partial charge in [-0.3, -0.25) is 18.2 Å². The highest BCUT2D eigenvalue weighted by Crippen LogP contribution is 2.44.